The summed E-state index contributed by atoms with van der Waals surface area (Å²) in [5.74, 6) is -0.754. The Morgan fingerprint density at radius 1 is 1.43 bits per heavy atom. The minimum absolute atomic E-state index is 0.0318. The zero-order chi connectivity index (χ0) is 15.7. The summed E-state index contributed by atoms with van der Waals surface area (Å²) in [5.41, 5.74) is 0.233. The van der Waals surface area contributed by atoms with Crippen LogP contribution in [0.4, 0.5) is 4.39 Å². The van der Waals surface area contributed by atoms with E-state index >= 15 is 0 Å². The Morgan fingerprint density at radius 2 is 2.10 bits per heavy atom. The fourth-order valence-electron chi connectivity index (χ4n) is 2.03. The molecule has 0 unspecified atom stereocenters. The molecule has 0 amide bonds. The van der Waals surface area contributed by atoms with Crippen molar-refractivity contribution in [3.8, 4) is 0 Å². The Hall–Kier alpha value is -0.340. The third-order valence-corrected chi connectivity index (χ3v) is 6.60. The van der Waals surface area contributed by atoms with E-state index in [1.165, 1.54) is 6.07 Å². The molecule has 2 N–H and O–H groups in total. The highest BCUT2D eigenvalue weighted by Gasteiger charge is 2.42. The van der Waals surface area contributed by atoms with Gasteiger partial charge in [-0.25, -0.2) is 17.5 Å². The van der Waals surface area contributed by atoms with Crippen LogP contribution in [0.5, 0.6) is 0 Å². The largest absolute Gasteiger partial charge is 0.316 e. The molecule has 0 atom stereocenters. The first-order chi connectivity index (χ1) is 9.83. The number of benzene rings is 1. The van der Waals surface area contributed by atoms with E-state index in [0.717, 1.165) is 18.9 Å². The van der Waals surface area contributed by atoms with Crippen molar-refractivity contribution in [2.75, 3.05) is 19.8 Å². The maximum Gasteiger partial charge on any atom is 0.243 e. The van der Waals surface area contributed by atoms with Crippen molar-refractivity contribution in [1.29, 1.82) is 0 Å². The average molecular weight is 353 g/mol. The fraction of sp³-hybridized carbons (Fsp3) is 0.538. The first-order valence-electron chi connectivity index (χ1n) is 6.51. The Morgan fingerprint density at radius 3 is 2.62 bits per heavy atom. The molecular weight excluding hydrogens is 335 g/mol. The van der Waals surface area contributed by atoms with Gasteiger partial charge in [-0.15, -0.1) is 0 Å². The van der Waals surface area contributed by atoms with Gasteiger partial charge >= 0.3 is 0 Å². The summed E-state index contributed by atoms with van der Waals surface area (Å²) in [6.07, 6.45) is 3.89. The number of hydrogen-bond donors (Lipinski definition) is 2. The highest BCUT2D eigenvalue weighted by Crippen LogP contribution is 2.46. The molecule has 8 heteroatoms. The molecule has 21 heavy (non-hydrogen) atoms. The summed E-state index contributed by atoms with van der Waals surface area (Å²) in [6, 6.07) is 2.58. The molecule has 1 saturated carbocycles. The Labute approximate surface area is 133 Å². The van der Waals surface area contributed by atoms with Crippen LogP contribution in [0.2, 0.25) is 5.02 Å². The molecule has 0 aliphatic heterocycles. The van der Waals surface area contributed by atoms with Gasteiger partial charge in [0.25, 0.3) is 0 Å². The summed E-state index contributed by atoms with van der Waals surface area (Å²) in [7, 11) is -2.25. The van der Waals surface area contributed by atoms with Crippen LogP contribution in [-0.4, -0.2) is 33.0 Å². The molecule has 118 valence electrons. The van der Waals surface area contributed by atoms with Crippen LogP contribution in [-0.2, 0) is 16.6 Å². The van der Waals surface area contributed by atoms with Gasteiger partial charge in [0.15, 0.2) is 0 Å². The number of halogens is 2. The van der Waals surface area contributed by atoms with Crippen molar-refractivity contribution < 1.29 is 12.8 Å². The van der Waals surface area contributed by atoms with Crippen LogP contribution in [0.15, 0.2) is 17.0 Å². The van der Waals surface area contributed by atoms with E-state index in [4.69, 9.17) is 11.6 Å². The van der Waals surface area contributed by atoms with Crippen LogP contribution < -0.4 is 10.0 Å². The Bertz CT molecular complexity index is 633. The summed E-state index contributed by atoms with van der Waals surface area (Å²) < 4.78 is 41.4. The molecule has 4 nitrogen and oxygen atoms in total. The molecule has 1 aliphatic rings. The SMILES string of the molecule is CNCc1cc(Cl)cc(S(=O)(=O)NCC2(SC)CC2)c1F. The fourth-order valence-corrected chi connectivity index (χ4v) is 4.42. The smallest absolute Gasteiger partial charge is 0.243 e. The molecule has 0 radical (unpaired) electrons. The lowest BCUT2D eigenvalue weighted by molar-refractivity contribution is 0.545. The molecular formula is C13H18ClFN2O2S2. The van der Waals surface area contributed by atoms with Crippen LogP contribution in [0.3, 0.4) is 0 Å². The maximum absolute atomic E-state index is 14.3. The monoisotopic (exact) mass is 352 g/mol. The van der Waals surface area contributed by atoms with E-state index < -0.39 is 20.7 Å². The van der Waals surface area contributed by atoms with Gasteiger partial charge in [0.2, 0.25) is 10.0 Å². The molecule has 0 saturated heterocycles. The third-order valence-electron chi connectivity index (χ3n) is 3.56. The van der Waals surface area contributed by atoms with Crippen molar-refractivity contribution in [3.63, 3.8) is 0 Å². The van der Waals surface area contributed by atoms with Gasteiger partial charge in [0, 0.05) is 28.4 Å². The molecule has 0 bridgehead atoms. The van der Waals surface area contributed by atoms with Gasteiger partial charge in [-0.1, -0.05) is 11.6 Å². The lowest BCUT2D eigenvalue weighted by Crippen LogP contribution is -2.32. The highest BCUT2D eigenvalue weighted by molar-refractivity contribution is 8.00. The van der Waals surface area contributed by atoms with Crippen LogP contribution >= 0.6 is 23.4 Å². The van der Waals surface area contributed by atoms with E-state index in [2.05, 4.69) is 10.0 Å². The molecule has 1 fully saturated rings. The standard InChI is InChI=1S/C13H18ClFN2O2S2/c1-16-7-9-5-10(14)6-11(12(9)15)21(18,19)17-8-13(20-2)3-4-13/h5-6,16-17H,3-4,7-8H2,1-2H3. The normalized spacial score (nSPS) is 17.0. The summed E-state index contributed by atoms with van der Waals surface area (Å²) in [6.45, 7) is 0.521. The number of thioether (sulfide) groups is 1. The highest BCUT2D eigenvalue weighted by atomic mass is 35.5. The van der Waals surface area contributed by atoms with Gasteiger partial charge in [0.1, 0.15) is 10.7 Å². The van der Waals surface area contributed by atoms with Crippen LogP contribution in [0.25, 0.3) is 0 Å². The van der Waals surface area contributed by atoms with Gasteiger partial charge in [-0.3, -0.25) is 0 Å². The number of hydrogen-bond acceptors (Lipinski definition) is 4. The predicted molar refractivity (Wildman–Crippen MR) is 84.8 cm³/mol. The van der Waals surface area contributed by atoms with Gasteiger partial charge in [-0.2, -0.15) is 11.8 Å². The molecule has 0 heterocycles. The third kappa shape index (κ3) is 3.90. The van der Waals surface area contributed by atoms with E-state index in [0.29, 0.717) is 6.54 Å². The van der Waals surface area contributed by atoms with Gasteiger partial charge < -0.3 is 5.32 Å². The predicted octanol–water partition coefficient (Wildman–Crippen LogP) is 2.37. The lowest BCUT2D eigenvalue weighted by atomic mass is 10.2. The van der Waals surface area contributed by atoms with Gasteiger partial charge in [-0.05, 0) is 38.3 Å². The second kappa shape index (κ2) is 6.42. The molecule has 1 aliphatic carbocycles. The van der Waals surface area contributed by atoms with Crippen molar-refractivity contribution >= 4 is 33.4 Å². The molecule has 0 aromatic heterocycles. The summed E-state index contributed by atoms with van der Waals surface area (Å²) in [4.78, 5) is -0.392. The average Bonchev–Trinajstić information content (AvgIpc) is 3.21. The zero-order valence-electron chi connectivity index (χ0n) is 11.9. The van der Waals surface area contributed by atoms with Crippen molar-refractivity contribution in [1.82, 2.24) is 10.0 Å². The van der Waals surface area contributed by atoms with Crippen molar-refractivity contribution in [3.05, 3.63) is 28.5 Å². The minimum atomic E-state index is -3.91. The Kier molecular flexibility index (Phi) is 5.20. The molecule has 0 spiro atoms. The minimum Gasteiger partial charge on any atom is -0.316 e. The Balaban J connectivity index is 2.27. The first kappa shape index (κ1) is 17.0. The van der Waals surface area contributed by atoms with Crippen LogP contribution in [0, 0.1) is 5.82 Å². The van der Waals surface area contributed by atoms with Crippen molar-refractivity contribution in [2.24, 2.45) is 0 Å². The van der Waals surface area contributed by atoms with E-state index in [9.17, 15) is 12.8 Å². The molecule has 2 rings (SSSR count). The topological polar surface area (TPSA) is 58.2 Å². The second-order valence-electron chi connectivity index (χ2n) is 5.12. The lowest BCUT2D eigenvalue weighted by Gasteiger charge is -2.15. The van der Waals surface area contributed by atoms with Crippen LogP contribution in [0.1, 0.15) is 18.4 Å². The molecule has 1 aromatic carbocycles. The van der Waals surface area contributed by atoms with Crippen molar-refractivity contribution in [2.45, 2.75) is 29.0 Å². The second-order valence-corrected chi connectivity index (χ2v) is 8.57. The summed E-state index contributed by atoms with van der Waals surface area (Å²) in [5, 5.41) is 2.99. The maximum atomic E-state index is 14.3. The number of nitrogens with one attached hydrogen (secondary N) is 2. The summed E-state index contributed by atoms with van der Waals surface area (Å²) >= 11 is 7.54. The zero-order valence-corrected chi connectivity index (χ0v) is 14.3. The van der Waals surface area contributed by atoms with Gasteiger partial charge in [0.05, 0.1) is 0 Å². The number of sulfonamides is 1. The molecule has 1 aromatic rings. The number of rotatable bonds is 7. The first-order valence-corrected chi connectivity index (χ1v) is 9.59. The quantitative estimate of drug-likeness (QED) is 0.791. The van der Waals surface area contributed by atoms with E-state index in [1.807, 2.05) is 6.26 Å². The van der Waals surface area contributed by atoms with E-state index in [-0.39, 0.29) is 21.9 Å². The van der Waals surface area contributed by atoms with E-state index in [1.54, 1.807) is 18.8 Å².